The molecular weight excluding hydrogens is 613 g/mol. The molecule has 2 aliphatic rings. The third-order valence-electron chi connectivity index (χ3n) is 9.11. The van der Waals surface area contributed by atoms with E-state index in [0.717, 1.165) is 29.3 Å². The van der Waals surface area contributed by atoms with Gasteiger partial charge >= 0.3 is 12.1 Å². The fraction of sp³-hybridized carbons (Fsp3) is 0.472. The van der Waals surface area contributed by atoms with Gasteiger partial charge in [-0.25, -0.2) is 15.8 Å². The van der Waals surface area contributed by atoms with Crippen molar-refractivity contribution in [3.8, 4) is 17.3 Å². The molecule has 48 heavy (non-hydrogen) atoms. The second kappa shape index (κ2) is 13.5. The minimum absolute atomic E-state index is 0.0493. The number of pyridine rings is 1. The topological polar surface area (TPSA) is 97.5 Å². The first-order chi connectivity index (χ1) is 23.0. The summed E-state index contributed by atoms with van der Waals surface area (Å²) in [5.74, 6) is -0.130. The number of anilines is 1. The molecule has 0 radical (unpaired) electrons. The molecule has 3 atom stereocenters. The molecule has 2 saturated heterocycles. The minimum atomic E-state index is -0.674. The number of hydrogen-bond acceptors (Lipinski definition) is 9. The van der Waals surface area contributed by atoms with Gasteiger partial charge in [0.1, 0.15) is 35.3 Å². The van der Waals surface area contributed by atoms with Gasteiger partial charge in [0.15, 0.2) is 5.82 Å². The van der Waals surface area contributed by atoms with Crippen LogP contribution in [-0.2, 0) is 9.47 Å². The second-order valence-electron chi connectivity index (χ2n) is 13.6. The molecular formula is C36H42FN7O4. The summed E-state index contributed by atoms with van der Waals surface area (Å²) in [4.78, 5) is 36.5. The van der Waals surface area contributed by atoms with Crippen molar-refractivity contribution in [2.45, 2.75) is 57.9 Å². The van der Waals surface area contributed by atoms with E-state index < -0.39 is 23.6 Å². The van der Waals surface area contributed by atoms with Gasteiger partial charge in [0, 0.05) is 51.1 Å². The molecule has 12 heteroatoms. The molecule has 252 valence electrons. The Labute approximate surface area is 280 Å². The number of methoxy groups -OCH3 is 1. The monoisotopic (exact) mass is 655 g/mol. The van der Waals surface area contributed by atoms with Crippen LogP contribution in [-0.4, -0.2) is 108 Å². The quantitative estimate of drug-likeness (QED) is 0.231. The van der Waals surface area contributed by atoms with Crippen LogP contribution >= 0.6 is 0 Å². The lowest BCUT2D eigenvalue weighted by atomic mass is 9.97. The number of nitrogens with zero attached hydrogens (tertiary/aromatic N) is 7. The number of likely N-dealkylation sites (tertiary alicyclic amines) is 1. The number of piperazine rings is 1. The van der Waals surface area contributed by atoms with Gasteiger partial charge in [-0.15, -0.1) is 0 Å². The Bertz CT molecular complexity index is 1870. The number of benzene rings is 2. The molecule has 0 aliphatic carbocycles. The Kier molecular flexibility index (Phi) is 9.36. The molecule has 4 aromatic rings. The number of likely N-dealkylation sites (N-methyl/N-ethyl adjacent to an activating group) is 1. The van der Waals surface area contributed by atoms with E-state index in [1.54, 1.807) is 18.2 Å². The molecule has 6 rings (SSSR count). The Morgan fingerprint density at radius 3 is 2.58 bits per heavy atom. The number of aryl methyl sites for hydroxylation is 1. The maximum absolute atomic E-state index is 16.8. The molecule has 0 saturated carbocycles. The number of hydrogen-bond donors (Lipinski definition) is 0. The molecule has 1 amide bonds. The first kappa shape index (κ1) is 33.3. The fourth-order valence-electron chi connectivity index (χ4n) is 6.68. The molecule has 4 heterocycles. The molecule has 0 bridgehead atoms. The van der Waals surface area contributed by atoms with E-state index in [1.165, 1.54) is 0 Å². The summed E-state index contributed by atoms with van der Waals surface area (Å²) in [6, 6.07) is 11.4. The van der Waals surface area contributed by atoms with Crippen LogP contribution < -0.4 is 9.64 Å². The third-order valence-corrected chi connectivity index (χ3v) is 9.11. The summed E-state index contributed by atoms with van der Waals surface area (Å²) < 4.78 is 34.2. The zero-order chi connectivity index (χ0) is 34.2. The van der Waals surface area contributed by atoms with E-state index in [-0.39, 0.29) is 35.9 Å². The smallest absolute Gasteiger partial charge is 0.410 e. The summed E-state index contributed by atoms with van der Waals surface area (Å²) in [7, 11) is 3.72. The number of amides is 1. The highest BCUT2D eigenvalue weighted by molar-refractivity contribution is 6.00. The van der Waals surface area contributed by atoms with Gasteiger partial charge < -0.3 is 24.0 Å². The highest BCUT2D eigenvalue weighted by atomic mass is 19.1. The highest BCUT2D eigenvalue weighted by Crippen LogP contribution is 2.36. The van der Waals surface area contributed by atoms with E-state index in [9.17, 15) is 4.79 Å². The summed E-state index contributed by atoms with van der Waals surface area (Å²) in [5.41, 5.74) is 1.30. The van der Waals surface area contributed by atoms with Crippen LogP contribution in [0.1, 0.15) is 32.8 Å². The Hall–Kier alpha value is -4.60. The van der Waals surface area contributed by atoms with Gasteiger partial charge in [-0.2, -0.15) is 9.97 Å². The highest BCUT2D eigenvalue weighted by Gasteiger charge is 2.37. The van der Waals surface area contributed by atoms with Crippen molar-refractivity contribution in [2.24, 2.45) is 0 Å². The molecule has 2 aliphatic heterocycles. The number of carbonyl (C=O) groups excluding carboxylic acids is 1. The predicted octanol–water partition coefficient (Wildman–Crippen LogP) is 5.74. The summed E-state index contributed by atoms with van der Waals surface area (Å²) >= 11 is 0. The van der Waals surface area contributed by atoms with Crippen LogP contribution in [0, 0.1) is 19.3 Å². The number of ether oxygens (including phenoxy) is 3. The SMILES string of the molecule is [C-]#[N+]C[C@H]1CN(c2nc(OC[C@@H]3C[C@@H](OC)CN3C)nc3c(F)c(-c4cccc5cccc(C)c45)ncc23)CCN1C(=O)OC(C)(C)C. The molecule has 2 aromatic carbocycles. The molecule has 0 unspecified atom stereocenters. The van der Waals surface area contributed by atoms with Crippen LogP contribution in [0.15, 0.2) is 42.6 Å². The van der Waals surface area contributed by atoms with Crippen LogP contribution in [0.5, 0.6) is 6.01 Å². The third kappa shape index (κ3) is 6.70. The van der Waals surface area contributed by atoms with E-state index >= 15 is 4.39 Å². The first-order valence-corrected chi connectivity index (χ1v) is 16.3. The zero-order valence-corrected chi connectivity index (χ0v) is 28.4. The molecule has 0 spiro atoms. The minimum Gasteiger partial charge on any atom is -0.462 e. The van der Waals surface area contributed by atoms with Crippen molar-refractivity contribution >= 4 is 33.6 Å². The maximum atomic E-state index is 16.8. The number of rotatable bonds is 7. The van der Waals surface area contributed by atoms with Crippen molar-refractivity contribution < 1.29 is 23.4 Å². The lowest BCUT2D eigenvalue weighted by Gasteiger charge is -2.40. The number of carbonyl (C=O) groups is 1. The van der Waals surface area contributed by atoms with Gasteiger partial charge in [0.2, 0.25) is 6.54 Å². The Balaban J connectivity index is 1.41. The van der Waals surface area contributed by atoms with Crippen molar-refractivity contribution in [1.29, 1.82) is 0 Å². The average molecular weight is 656 g/mol. The van der Waals surface area contributed by atoms with E-state index in [1.807, 2.05) is 76.0 Å². The maximum Gasteiger partial charge on any atom is 0.410 e. The van der Waals surface area contributed by atoms with E-state index in [0.29, 0.717) is 43.0 Å². The second-order valence-corrected chi connectivity index (χ2v) is 13.6. The van der Waals surface area contributed by atoms with Crippen LogP contribution in [0.3, 0.4) is 0 Å². The number of fused-ring (bicyclic) bond motifs is 2. The van der Waals surface area contributed by atoms with Crippen LogP contribution in [0.2, 0.25) is 0 Å². The van der Waals surface area contributed by atoms with Gasteiger partial charge in [0.25, 0.3) is 0 Å². The zero-order valence-electron chi connectivity index (χ0n) is 28.4. The van der Waals surface area contributed by atoms with Crippen LogP contribution in [0.25, 0.3) is 37.8 Å². The van der Waals surface area contributed by atoms with Crippen molar-refractivity contribution in [2.75, 3.05) is 58.4 Å². The molecule has 2 fully saturated rings. The summed E-state index contributed by atoms with van der Waals surface area (Å²) in [6.45, 7) is 17.2. The van der Waals surface area contributed by atoms with Crippen molar-refractivity contribution in [1.82, 2.24) is 24.8 Å². The lowest BCUT2D eigenvalue weighted by Crippen LogP contribution is -2.57. The van der Waals surface area contributed by atoms with Gasteiger partial charge in [-0.05, 0) is 57.5 Å². The van der Waals surface area contributed by atoms with E-state index in [2.05, 4.69) is 19.7 Å². The van der Waals surface area contributed by atoms with Gasteiger partial charge in [-0.3, -0.25) is 14.8 Å². The molecule has 0 N–H and O–H groups in total. The van der Waals surface area contributed by atoms with Crippen LogP contribution in [0.4, 0.5) is 15.0 Å². The molecule has 2 aromatic heterocycles. The van der Waals surface area contributed by atoms with Crippen molar-refractivity contribution in [3.05, 3.63) is 65.4 Å². The fourth-order valence-corrected chi connectivity index (χ4v) is 6.68. The Morgan fingerprint density at radius 1 is 1.10 bits per heavy atom. The number of aromatic nitrogens is 3. The largest absolute Gasteiger partial charge is 0.462 e. The summed E-state index contributed by atoms with van der Waals surface area (Å²) in [5, 5.41) is 2.34. The predicted molar refractivity (Wildman–Crippen MR) is 183 cm³/mol. The van der Waals surface area contributed by atoms with E-state index in [4.69, 9.17) is 25.8 Å². The normalized spacial score (nSPS) is 20.3. The van der Waals surface area contributed by atoms with Crippen molar-refractivity contribution in [3.63, 3.8) is 0 Å². The lowest BCUT2D eigenvalue weighted by molar-refractivity contribution is 0.0155. The Morgan fingerprint density at radius 2 is 1.88 bits per heavy atom. The molecule has 11 nitrogen and oxygen atoms in total. The van der Waals surface area contributed by atoms with Gasteiger partial charge in [-0.1, -0.05) is 36.4 Å². The standard InChI is InChI=1S/C36H42FN7O4/c1-22-10-8-11-23-12-9-13-27(29(22)23)31-30(37)32-28(18-39-31)33(41-34(40-32)47-21-24-16-26(46-7)20-42(24)6)43-14-15-44(25(19-43)17-38-5)35(45)48-36(2,3)4/h8-13,18,24-26H,14-17,19-21H2,1-4,6-7H3/t24-,25-,26+/m0/s1. The first-order valence-electron chi connectivity index (χ1n) is 16.3. The van der Waals surface area contributed by atoms with Gasteiger partial charge in [0.05, 0.1) is 11.5 Å². The number of halogens is 1. The average Bonchev–Trinajstić information content (AvgIpc) is 3.42. The summed E-state index contributed by atoms with van der Waals surface area (Å²) in [6.07, 6.45) is 2.04.